The number of benzene rings is 1. The highest BCUT2D eigenvalue weighted by atomic mass is 35.5. The number of carbonyl (C=O) groups is 2. The molecular formula is C17H18ClNO3S2. The molecule has 2 rings (SSSR count). The second-order valence-corrected chi connectivity index (χ2v) is 7.58. The Kier molecular flexibility index (Phi) is 6.43. The number of carboxylic acids is 1. The maximum absolute atomic E-state index is 12.8. The number of thiocarbonyl (C=S) groups is 1. The molecule has 1 aliphatic heterocycles. The van der Waals surface area contributed by atoms with Gasteiger partial charge in [0.05, 0.1) is 4.91 Å². The molecule has 4 nitrogen and oxygen atoms in total. The number of halogens is 1. The van der Waals surface area contributed by atoms with E-state index in [1.165, 1.54) is 4.90 Å². The number of unbranched alkanes of at least 4 members (excludes halogenated alkanes) is 1. The molecule has 0 aliphatic carbocycles. The summed E-state index contributed by atoms with van der Waals surface area (Å²) < 4.78 is 0.298. The Morgan fingerprint density at radius 3 is 2.54 bits per heavy atom. The fourth-order valence-corrected chi connectivity index (χ4v) is 4.00. The van der Waals surface area contributed by atoms with Gasteiger partial charge in [0.2, 0.25) is 0 Å². The van der Waals surface area contributed by atoms with E-state index in [4.69, 9.17) is 23.8 Å². The standard InChI is InChI=1S/C17H18ClNO3S2/c1-3-4-5-13(16(21)22)19-15(20)14(24-17(19)23)10(2)11-6-8-12(18)9-7-11/h6-9,13H,3-5H2,1-2H3,(H,21,22)/b14-10-. The molecule has 128 valence electrons. The van der Waals surface area contributed by atoms with Crippen LogP contribution in [0.1, 0.15) is 38.7 Å². The summed E-state index contributed by atoms with van der Waals surface area (Å²) in [6, 6.07) is 6.25. The molecule has 1 aromatic carbocycles. The third kappa shape index (κ3) is 3.99. The van der Waals surface area contributed by atoms with E-state index in [2.05, 4.69) is 0 Å². The summed E-state index contributed by atoms with van der Waals surface area (Å²) in [5.41, 5.74) is 1.63. The number of aliphatic carboxylic acids is 1. The Balaban J connectivity index is 2.34. The molecule has 1 amide bonds. The molecule has 1 atom stereocenters. The molecule has 0 spiro atoms. The topological polar surface area (TPSA) is 57.6 Å². The number of nitrogens with zero attached hydrogens (tertiary/aromatic N) is 1. The van der Waals surface area contributed by atoms with E-state index in [1.54, 1.807) is 12.1 Å². The Bertz CT molecular complexity index is 700. The van der Waals surface area contributed by atoms with Gasteiger partial charge in [-0.3, -0.25) is 9.69 Å². The van der Waals surface area contributed by atoms with Crippen molar-refractivity contribution >= 4 is 57.4 Å². The molecule has 0 radical (unpaired) electrons. The smallest absolute Gasteiger partial charge is 0.326 e. The second-order valence-electron chi connectivity index (χ2n) is 5.50. The number of allylic oxidation sites excluding steroid dienone is 1. The van der Waals surface area contributed by atoms with E-state index in [0.29, 0.717) is 20.7 Å². The predicted molar refractivity (Wildman–Crippen MR) is 102 cm³/mol. The normalized spacial score (nSPS) is 18.0. The van der Waals surface area contributed by atoms with Crippen molar-refractivity contribution in [1.82, 2.24) is 4.90 Å². The van der Waals surface area contributed by atoms with Crippen LogP contribution in [0.5, 0.6) is 0 Å². The summed E-state index contributed by atoms with van der Waals surface area (Å²) in [5, 5.41) is 10.1. The van der Waals surface area contributed by atoms with Gasteiger partial charge in [-0.2, -0.15) is 0 Å². The largest absolute Gasteiger partial charge is 0.480 e. The molecule has 7 heteroatoms. The molecule has 0 saturated carbocycles. The second kappa shape index (κ2) is 8.14. The van der Waals surface area contributed by atoms with Crippen molar-refractivity contribution in [2.24, 2.45) is 0 Å². The quantitative estimate of drug-likeness (QED) is 0.575. The van der Waals surface area contributed by atoms with Gasteiger partial charge in [0.15, 0.2) is 0 Å². The van der Waals surface area contributed by atoms with E-state index >= 15 is 0 Å². The Morgan fingerprint density at radius 2 is 2.00 bits per heavy atom. The minimum absolute atomic E-state index is 0.298. The van der Waals surface area contributed by atoms with E-state index in [1.807, 2.05) is 26.0 Å². The van der Waals surface area contributed by atoms with Crippen LogP contribution in [0, 0.1) is 0 Å². The van der Waals surface area contributed by atoms with Crippen LogP contribution < -0.4 is 0 Å². The van der Waals surface area contributed by atoms with Gasteiger partial charge in [0.25, 0.3) is 5.91 Å². The summed E-state index contributed by atoms with van der Waals surface area (Å²) in [4.78, 5) is 26.1. The lowest BCUT2D eigenvalue weighted by Gasteiger charge is -2.23. The van der Waals surface area contributed by atoms with E-state index in [9.17, 15) is 14.7 Å². The van der Waals surface area contributed by atoms with Crippen LogP contribution >= 0.6 is 35.6 Å². The van der Waals surface area contributed by atoms with Gasteiger partial charge < -0.3 is 5.11 Å². The van der Waals surface area contributed by atoms with Crippen molar-refractivity contribution in [3.8, 4) is 0 Å². The lowest BCUT2D eigenvalue weighted by Crippen LogP contribution is -2.43. The molecule has 1 fully saturated rings. The fraction of sp³-hybridized carbons (Fsp3) is 0.353. The molecule has 0 aromatic heterocycles. The molecule has 1 heterocycles. The number of carboxylic acid groups (broad SMARTS) is 1. The fourth-order valence-electron chi connectivity index (χ4n) is 2.47. The highest BCUT2D eigenvalue weighted by molar-refractivity contribution is 8.26. The number of rotatable bonds is 6. The predicted octanol–water partition coefficient (Wildman–Crippen LogP) is 4.57. The molecule has 1 saturated heterocycles. The van der Waals surface area contributed by atoms with Gasteiger partial charge in [-0.25, -0.2) is 4.79 Å². The van der Waals surface area contributed by atoms with Crippen molar-refractivity contribution < 1.29 is 14.7 Å². The summed E-state index contributed by atoms with van der Waals surface area (Å²) in [7, 11) is 0. The third-order valence-corrected chi connectivity index (χ3v) is 5.60. The highest BCUT2D eigenvalue weighted by Crippen LogP contribution is 2.38. The van der Waals surface area contributed by atoms with Gasteiger partial charge in [0.1, 0.15) is 10.4 Å². The first-order chi connectivity index (χ1) is 11.4. The number of hydrogen-bond donors (Lipinski definition) is 1. The van der Waals surface area contributed by atoms with Gasteiger partial charge in [-0.1, -0.05) is 67.5 Å². The van der Waals surface area contributed by atoms with Crippen LogP contribution in [0.15, 0.2) is 29.2 Å². The van der Waals surface area contributed by atoms with Crippen molar-refractivity contribution in [2.75, 3.05) is 0 Å². The van der Waals surface area contributed by atoms with Gasteiger partial charge in [-0.15, -0.1) is 0 Å². The molecule has 24 heavy (non-hydrogen) atoms. The molecule has 0 bridgehead atoms. The van der Waals surface area contributed by atoms with Crippen LogP contribution in [-0.2, 0) is 9.59 Å². The summed E-state index contributed by atoms with van der Waals surface area (Å²) in [6.45, 7) is 3.81. The number of hydrogen-bond acceptors (Lipinski definition) is 4. The number of thioether (sulfide) groups is 1. The van der Waals surface area contributed by atoms with Crippen LogP contribution in [0.3, 0.4) is 0 Å². The molecule has 1 N–H and O–H groups in total. The summed E-state index contributed by atoms with van der Waals surface area (Å²) >= 11 is 12.3. The Labute approximate surface area is 155 Å². The molecule has 1 aliphatic rings. The third-order valence-electron chi connectivity index (χ3n) is 3.84. The zero-order valence-electron chi connectivity index (χ0n) is 13.4. The van der Waals surface area contributed by atoms with Gasteiger partial charge >= 0.3 is 5.97 Å². The number of amides is 1. The molecule has 1 aromatic rings. The van der Waals surface area contributed by atoms with Crippen molar-refractivity contribution in [3.63, 3.8) is 0 Å². The van der Waals surface area contributed by atoms with Crippen LogP contribution in [0.25, 0.3) is 5.57 Å². The Hall–Kier alpha value is -1.37. The SMILES string of the molecule is CCCCC(C(=O)O)N1C(=O)/C(=C(\C)c2ccc(Cl)cc2)SC1=S. The first-order valence-electron chi connectivity index (χ1n) is 7.61. The lowest BCUT2D eigenvalue weighted by atomic mass is 10.1. The minimum atomic E-state index is -1.02. The lowest BCUT2D eigenvalue weighted by molar-refractivity contribution is -0.145. The summed E-state index contributed by atoms with van der Waals surface area (Å²) in [5.74, 6) is -1.36. The molecular weight excluding hydrogens is 366 g/mol. The van der Waals surface area contributed by atoms with Crippen LogP contribution in [-0.4, -0.2) is 32.2 Å². The van der Waals surface area contributed by atoms with Crippen molar-refractivity contribution in [3.05, 3.63) is 39.8 Å². The van der Waals surface area contributed by atoms with Crippen LogP contribution in [0.2, 0.25) is 5.02 Å². The van der Waals surface area contributed by atoms with Gasteiger partial charge in [-0.05, 0) is 36.6 Å². The monoisotopic (exact) mass is 383 g/mol. The average Bonchev–Trinajstić information content (AvgIpc) is 2.83. The minimum Gasteiger partial charge on any atom is -0.480 e. The van der Waals surface area contributed by atoms with E-state index in [-0.39, 0.29) is 5.91 Å². The maximum atomic E-state index is 12.8. The highest BCUT2D eigenvalue weighted by Gasteiger charge is 2.41. The van der Waals surface area contributed by atoms with Crippen LogP contribution in [0.4, 0.5) is 0 Å². The zero-order chi connectivity index (χ0) is 17.9. The number of carbonyl (C=O) groups excluding carboxylic acids is 1. The average molecular weight is 384 g/mol. The zero-order valence-corrected chi connectivity index (χ0v) is 15.8. The van der Waals surface area contributed by atoms with Crippen molar-refractivity contribution in [1.29, 1.82) is 0 Å². The van der Waals surface area contributed by atoms with Crippen molar-refractivity contribution in [2.45, 2.75) is 39.2 Å². The summed E-state index contributed by atoms with van der Waals surface area (Å²) in [6.07, 6.45) is 1.98. The maximum Gasteiger partial charge on any atom is 0.326 e. The van der Waals surface area contributed by atoms with Gasteiger partial charge in [0, 0.05) is 5.02 Å². The molecule has 1 unspecified atom stereocenters. The first kappa shape index (κ1) is 19.0. The van der Waals surface area contributed by atoms with E-state index in [0.717, 1.165) is 35.7 Å². The first-order valence-corrected chi connectivity index (χ1v) is 9.22. The van der Waals surface area contributed by atoms with E-state index < -0.39 is 12.0 Å². The Morgan fingerprint density at radius 1 is 1.38 bits per heavy atom.